The molecule has 0 aliphatic heterocycles. The highest BCUT2D eigenvalue weighted by Gasteiger charge is 2.29. The average molecular weight is 343 g/mol. The lowest BCUT2D eigenvalue weighted by molar-refractivity contribution is -0.140. The molecule has 7 nitrogen and oxygen atoms in total. The van der Waals surface area contributed by atoms with Gasteiger partial charge in [-0.2, -0.15) is 5.10 Å². The number of hydrogen-bond acceptors (Lipinski definition) is 4. The molecule has 0 saturated carbocycles. The largest absolute Gasteiger partial charge is 0.480 e. The van der Waals surface area contributed by atoms with E-state index < -0.39 is 17.9 Å². The second kappa shape index (κ2) is 7.06. The predicted octanol–water partition coefficient (Wildman–Crippen LogP) is 1.50. The molecule has 1 aliphatic rings. The molecule has 0 fully saturated rings. The quantitative estimate of drug-likeness (QED) is 0.829. The van der Waals surface area contributed by atoms with Crippen LogP contribution in [0.25, 0.3) is 5.69 Å². The van der Waals surface area contributed by atoms with Gasteiger partial charge in [-0.25, -0.2) is 9.48 Å². The first-order valence-corrected chi connectivity index (χ1v) is 8.22. The molecule has 2 N–H and O–H groups in total. The van der Waals surface area contributed by atoms with Crippen molar-refractivity contribution in [3.63, 3.8) is 0 Å². The Morgan fingerprint density at radius 3 is 2.80 bits per heavy atom. The average Bonchev–Trinajstić information content (AvgIpc) is 3.17. The van der Waals surface area contributed by atoms with E-state index >= 15 is 0 Å². The second-order valence-corrected chi connectivity index (χ2v) is 6.15. The Bertz CT molecular complexity index is 813. The number of methoxy groups -OCH3 is 1. The number of fused-ring (bicyclic) bond motifs is 1. The maximum absolute atomic E-state index is 12.6. The van der Waals surface area contributed by atoms with Crippen molar-refractivity contribution in [2.75, 3.05) is 13.7 Å². The summed E-state index contributed by atoms with van der Waals surface area (Å²) in [5.74, 6) is -1.61. The molecule has 7 heteroatoms. The third-order valence-electron chi connectivity index (χ3n) is 4.43. The highest BCUT2D eigenvalue weighted by atomic mass is 16.5. The molecule has 1 aliphatic carbocycles. The lowest BCUT2D eigenvalue weighted by atomic mass is 10.1. The maximum Gasteiger partial charge on any atom is 0.328 e. The molecule has 0 radical (unpaired) electrons. The Morgan fingerprint density at radius 1 is 1.36 bits per heavy atom. The van der Waals surface area contributed by atoms with Gasteiger partial charge in [-0.1, -0.05) is 18.2 Å². The van der Waals surface area contributed by atoms with Crippen molar-refractivity contribution in [3.05, 3.63) is 46.8 Å². The van der Waals surface area contributed by atoms with Crippen molar-refractivity contribution in [3.8, 4) is 5.69 Å². The van der Waals surface area contributed by atoms with Crippen LogP contribution in [0.3, 0.4) is 0 Å². The van der Waals surface area contributed by atoms with E-state index in [0.29, 0.717) is 5.69 Å². The van der Waals surface area contributed by atoms with Crippen molar-refractivity contribution in [2.24, 2.45) is 0 Å². The van der Waals surface area contributed by atoms with E-state index in [4.69, 9.17) is 4.74 Å². The topological polar surface area (TPSA) is 93.5 Å². The Hall–Kier alpha value is -2.67. The fraction of sp³-hybridized carbons (Fsp3) is 0.389. The third kappa shape index (κ3) is 3.28. The Morgan fingerprint density at radius 2 is 2.12 bits per heavy atom. The number of nitrogens with one attached hydrogen (secondary N) is 1. The molecule has 1 heterocycles. The number of benzene rings is 1. The molecular formula is C18H21N3O4. The van der Waals surface area contributed by atoms with Crippen LogP contribution < -0.4 is 5.32 Å². The van der Waals surface area contributed by atoms with Gasteiger partial charge in [0.15, 0.2) is 11.7 Å². The summed E-state index contributed by atoms with van der Waals surface area (Å²) in [4.78, 5) is 23.9. The summed E-state index contributed by atoms with van der Waals surface area (Å²) < 4.78 is 6.68. The van der Waals surface area contributed by atoms with Crippen LogP contribution in [-0.2, 0) is 22.4 Å². The van der Waals surface area contributed by atoms with Crippen molar-refractivity contribution in [1.29, 1.82) is 0 Å². The predicted molar refractivity (Wildman–Crippen MR) is 91.1 cm³/mol. The molecule has 1 aromatic heterocycles. The number of aryl methyl sites for hydroxylation is 1. The van der Waals surface area contributed by atoms with Crippen LogP contribution in [0.4, 0.5) is 0 Å². The van der Waals surface area contributed by atoms with Gasteiger partial charge in [0.05, 0.1) is 12.3 Å². The lowest BCUT2D eigenvalue weighted by Crippen LogP contribution is -2.44. The van der Waals surface area contributed by atoms with E-state index in [1.807, 2.05) is 35.9 Å². The molecule has 25 heavy (non-hydrogen) atoms. The number of aliphatic carboxylic acids is 1. The summed E-state index contributed by atoms with van der Waals surface area (Å²) in [6.07, 6.45) is 2.58. The van der Waals surface area contributed by atoms with Gasteiger partial charge < -0.3 is 15.2 Å². The van der Waals surface area contributed by atoms with Crippen LogP contribution in [0.1, 0.15) is 33.7 Å². The minimum absolute atomic E-state index is 0.0955. The van der Waals surface area contributed by atoms with Gasteiger partial charge in [-0.3, -0.25) is 4.79 Å². The number of ether oxygens (including phenoxy) is 1. The van der Waals surface area contributed by atoms with Crippen LogP contribution >= 0.6 is 0 Å². The maximum atomic E-state index is 12.6. The SMILES string of the molecule is COCC(NC(=O)c1nn(-c2ccccc2C)c2c1CCC2)C(=O)O. The lowest BCUT2D eigenvalue weighted by Gasteiger charge is -2.13. The zero-order valence-electron chi connectivity index (χ0n) is 14.3. The molecule has 0 saturated heterocycles. The Kier molecular flexibility index (Phi) is 4.85. The first-order valence-electron chi connectivity index (χ1n) is 8.22. The van der Waals surface area contributed by atoms with Crippen molar-refractivity contribution < 1.29 is 19.4 Å². The van der Waals surface area contributed by atoms with E-state index in [1.54, 1.807) is 0 Å². The molecule has 1 unspecified atom stereocenters. The fourth-order valence-corrected chi connectivity index (χ4v) is 3.19. The van der Waals surface area contributed by atoms with Crippen LogP contribution in [-0.4, -0.2) is 46.5 Å². The number of nitrogens with zero attached hydrogens (tertiary/aromatic N) is 2. The number of carbonyl (C=O) groups excluding carboxylic acids is 1. The summed E-state index contributed by atoms with van der Waals surface area (Å²) in [5.41, 5.74) is 4.24. The minimum atomic E-state index is -1.13. The third-order valence-corrected chi connectivity index (χ3v) is 4.43. The molecule has 132 valence electrons. The molecule has 2 aromatic rings. The minimum Gasteiger partial charge on any atom is -0.480 e. The monoisotopic (exact) mass is 343 g/mol. The zero-order chi connectivity index (χ0) is 18.0. The van der Waals surface area contributed by atoms with Gasteiger partial charge in [-0.15, -0.1) is 0 Å². The highest BCUT2D eigenvalue weighted by molar-refractivity contribution is 5.96. The van der Waals surface area contributed by atoms with Gasteiger partial charge in [0, 0.05) is 18.4 Å². The fourth-order valence-electron chi connectivity index (χ4n) is 3.19. The van der Waals surface area contributed by atoms with Crippen LogP contribution in [0.5, 0.6) is 0 Å². The van der Waals surface area contributed by atoms with Gasteiger partial charge >= 0.3 is 5.97 Å². The number of amides is 1. The van der Waals surface area contributed by atoms with Crippen molar-refractivity contribution in [2.45, 2.75) is 32.2 Å². The van der Waals surface area contributed by atoms with Crippen molar-refractivity contribution >= 4 is 11.9 Å². The van der Waals surface area contributed by atoms with Gasteiger partial charge in [0.25, 0.3) is 5.91 Å². The smallest absolute Gasteiger partial charge is 0.328 e. The number of hydrogen-bond donors (Lipinski definition) is 2. The first kappa shape index (κ1) is 17.2. The standard InChI is InChI=1S/C18H21N3O4/c1-11-6-3-4-8-14(11)21-15-9-5-7-12(15)16(20-21)17(22)19-13(10-25-2)18(23)24/h3-4,6,8,13H,5,7,9-10H2,1-2H3,(H,19,22)(H,23,24). The summed E-state index contributed by atoms with van der Waals surface area (Å²) in [6.45, 7) is 1.90. The molecule has 0 spiro atoms. The molecule has 1 amide bonds. The molecule has 3 rings (SSSR count). The summed E-state index contributed by atoms with van der Waals surface area (Å²) in [5, 5.41) is 16.2. The molecule has 1 aromatic carbocycles. The summed E-state index contributed by atoms with van der Waals surface area (Å²) in [6, 6.07) is 6.76. The number of carboxylic acids is 1. The van der Waals surface area contributed by atoms with Crippen LogP contribution in [0.2, 0.25) is 0 Å². The van der Waals surface area contributed by atoms with Crippen molar-refractivity contribution in [1.82, 2.24) is 15.1 Å². The zero-order valence-corrected chi connectivity index (χ0v) is 14.3. The van der Waals surface area contributed by atoms with Gasteiger partial charge in [0.2, 0.25) is 0 Å². The number of carbonyl (C=O) groups is 2. The van der Waals surface area contributed by atoms with E-state index in [9.17, 15) is 14.7 Å². The normalized spacial score (nSPS) is 14.2. The van der Waals surface area contributed by atoms with E-state index in [2.05, 4.69) is 10.4 Å². The van der Waals surface area contributed by atoms with Crippen LogP contribution in [0.15, 0.2) is 24.3 Å². The van der Waals surface area contributed by atoms with E-state index in [0.717, 1.165) is 41.8 Å². The number of rotatable bonds is 6. The Labute approximate surface area is 145 Å². The second-order valence-electron chi connectivity index (χ2n) is 6.15. The summed E-state index contributed by atoms with van der Waals surface area (Å²) >= 11 is 0. The molecule has 1 atom stereocenters. The number of carboxylic acid groups (broad SMARTS) is 1. The highest BCUT2D eigenvalue weighted by Crippen LogP contribution is 2.28. The van der Waals surface area contributed by atoms with E-state index in [1.165, 1.54) is 7.11 Å². The first-order chi connectivity index (χ1) is 12.0. The number of para-hydroxylation sites is 1. The number of aromatic nitrogens is 2. The van der Waals surface area contributed by atoms with Gasteiger partial charge in [0.1, 0.15) is 0 Å². The van der Waals surface area contributed by atoms with E-state index in [-0.39, 0.29) is 6.61 Å². The van der Waals surface area contributed by atoms with Gasteiger partial charge in [-0.05, 0) is 37.8 Å². The molecule has 0 bridgehead atoms. The molecular weight excluding hydrogens is 322 g/mol. The van der Waals surface area contributed by atoms with Crippen LogP contribution in [0, 0.1) is 6.92 Å². The Balaban J connectivity index is 1.96. The summed E-state index contributed by atoms with van der Waals surface area (Å²) in [7, 11) is 1.40.